The van der Waals surface area contributed by atoms with Gasteiger partial charge in [0, 0.05) is 26.2 Å². The molecular formula is C16H26N4O3S. The first-order chi connectivity index (χ1) is 11.4. The Kier molecular flexibility index (Phi) is 6.15. The monoisotopic (exact) mass is 354 g/mol. The Hall–Kier alpha value is -1.70. The van der Waals surface area contributed by atoms with E-state index in [4.69, 9.17) is 0 Å². The molecule has 1 saturated heterocycles. The highest BCUT2D eigenvalue weighted by Gasteiger charge is 2.31. The fraction of sp³-hybridized carbons (Fsp3) is 0.688. The molecule has 0 radical (unpaired) electrons. The molecule has 0 aromatic carbocycles. The first-order valence-corrected chi connectivity index (χ1v) is 10.2. The number of hydrogen-bond donors (Lipinski definition) is 0. The second-order valence-electron chi connectivity index (χ2n) is 6.22. The van der Waals surface area contributed by atoms with Crippen molar-refractivity contribution >= 4 is 21.6 Å². The molecule has 8 heteroatoms. The minimum atomic E-state index is -2.94. The molecule has 0 spiro atoms. The number of hydrogen-bond acceptors (Lipinski definition) is 6. The van der Waals surface area contributed by atoms with Gasteiger partial charge in [0.05, 0.1) is 23.9 Å². The summed E-state index contributed by atoms with van der Waals surface area (Å²) in [5, 5.41) is 0. The minimum absolute atomic E-state index is 0.0810. The van der Waals surface area contributed by atoms with Crippen molar-refractivity contribution in [3.63, 3.8) is 0 Å². The summed E-state index contributed by atoms with van der Waals surface area (Å²) in [6.07, 6.45) is 5.43. The Morgan fingerprint density at radius 3 is 2.33 bits per heavy atom. The SMILES string of the molecule is CCCN(CCC)C(=O)c1cnc(N(C)C2CCS(=O)(=O)C2)cn1. The van der Waals surface area contributed by atoms with Gasteiger partial charge in [-0.25, -0.2) is 18.4 Å². The van der Waals surface area contributed by atoms with Crippen molar-refractivity contribution in [1.29, 1.82) is 0 Å². The van der Waals surface area contributed by atoms with Crippen LogP contribution >= 0.6 is 0 Å². The van der Waals surface area contributed by atoms with Crippen LogP contribution < -0.4 is 4.90 Å². The molecule has 1 aliphatic heterocycles. The van der Waals surface area contributed by atoms with E-state index in [9.17, 15) is 13.2 Å². The van der Waals surface area contributed by atoms with E-state index < -0.39 is 9.84 Å². The summed E-state index contributed by atoms with van der Waals surface area (Å²) < 4.78 is 23.2. The quantitative estimate of drug-likeness (QED) is 0.735. The molecule has 0 aliphatic carbocycles. The van der Waals surface area contributed by atoms with Crippen molar-refractivity contribution < 1.29 is 13.2 Å². The van der Waals surface area contributed by atoms with Gasteiger partial charge in [-0.1, -0.05) is 13.8 Å². The van der Waals surface area contributed by atoms with Crippen LogP contribution in [0.25, 0.3) is 0 Å². The maximum atomic E-state index is 12.5. The van der Waals surface area contributed by atoms with E-state index >= 15 is 0 Å². The van der Waals surface area contributed by atoms with Crippen molar-refractivity contribution in [1.82, 2.24) is 14.9 Å². The lowest BCUT2D eigenvalue weighted by Crippen LogP contribution is -2.34. The van der Waals surface area contributed by atoms with Gasteiger partial charge in [-0.2, -0.15) is 0 Å². The topological polar surface area (TPSA) is 83.5 Å². The van der Waals surface area contributed by atoms with E-state index in [1.807, 2.05) is 25.8 Å². The van der Waals surface area contributed by atoms with Crippen LogP contribution in [-0.2, 0) is 9.84 Å². The van der Waals surface area contributed by atoms with Crippen molar-refractivity contribution in [2.24, 2.45) is 0 Å². The molecule has 2 heterocycles. The van der Waals surface area contributed by atoms with E-state index in [1.54, 1.807) is 11.1 Å². The van der Waals surface area contributed by atoms with Gasteiger partial charge in [0.15, 0.2) is 9.84 Å². The Bertz CT molecular complexity index is 654. The number of carbonyl (C=O) groups is 1. The smallest absolute Gasteiger partial charge is 0.274 e. The molecule has 0 N–H and O–H groups in total. The van der Waals surface area contributed by atoms with Crippen LogP contribution in [0.15, 0.2) is 12.4 Å². The highest BCUT2D eigenvalue weighted by molar-refractivity contribution is 7.91. The largest absolute Gasteiger partial charge is 0.354 e. The number of amides is 1. The molecular weight excluding hydrogens is 328 g/mol. The summed E-state index contributed by atoms with van der Waals surface area (Å²) in [5.41, 5.74) is 0.327. The van der Waals surface area contributed by atoms with E-state index in [2.05, 4.69) is 9.97 Å². The third-order valence-corrected chi connectivity index (χ3v) is 6.00. The van der Waals surface area contributed by atoms with Crippen LogP contribution in [0.4, 0.5) is 5.82 Å². The van der Waals surface area contributed by atoms with Crippen molar-refractivity contribution in [2.75, 3.05) is 36.5 Å². The summed E-state index contributed by atoms with van der Waals surface area (Å²) in [5.74, 6) is 0.844. The lowest BCUT2D eigenvalue weighted by molar-refractivity contribution is 0.0749. The third kappa shape index (κ3) is 4.43. The summed E-state index contributed by atoms with van der Waals surface area (Å²) in [4.78, 5) is 24.7. The van der Waals surface area contributed by atoms with Crippen LogP contribution in [0.5, 0.6) is 0 Å². The number of nitrogens with zero attached hydrogens (tertiary/aromatic N) is 4. The lowest BCUT2D eigenvalue weighted by atomic mass is 10.2. The first-order valence-electron chi connectivity index (χ1n) is 8.42. The van der Waals surface area contributed by atoms with Crippen LogP contribution in [-0.4, -0.2) is 66.9 Å². The molecule has 1 aromatic heterocycles. The van der Waals surface area contributed by atoms with Crippen molar-refractivity contribution in [3.05, 3.63) is 18.1 Å². The van der Waals surface area contributed by atoms with Gasteiger partial charge in [0.1, 0.15) is 11.5 Å². The molecule has 1 aliphatic rings. The molecule has 1 fully saturated rings. The number of aromatic nitrogens is 2. The van der Waals surface area contributed by atoms with Crippen LogP contribution in [0.1, 0.15) is 43.6 Å². The van der Waals surface area contributed by atoms with Gasteiger partial charge >= 0.3 is 0 Å². The molecule has 1 unspecified atom stereocenters. The lowest BCUT2D eigenvalue weighted by Gasteiger charge is -2.24. The minimum Gasteiger partial charge on any atom is -0.354 e. The zero-order chi connectivity index (χ0) is 17.7. The fourth-order valence-electron chi connectivity index (χ4n) is 2.90. The molecule has 7 nitrogen and oxygen atoms in total. The van der Waals surface area contributed by atoms with E-state index in [0.717, 1.165) is 12.8 Å². The van der Waals surface area contributed by atoms with Gasteiger partial charge in [-0.15, -0.1) is 0 Å². The Morgan fingerprint density at radius 1 is 1.21 bits per heavy atom. The predicted octanol–water partition coefficient (Wildman–Crippen LogP) is 1.36. The number of rotatable bonds is 7. The van der Waals surface area contributed by atoms with Crippen molar-refractivity contribution in [2.45, 2.75) is 39.2 Å². The standard InChI is InChI=1S/C16H26N4O3S/c1-4-7-20(8-5-2)16(21)14-10-18-15(11-17-14)19(3)13-6-9-24(22,23)12-13/h10-11,13H,4-9,12H2,1-3H3. The second-order valence-corrected chi connectivity index (χ2v) is 8.45. The van der Waals surface area contributed by atoms with Gasteiger partial charge in [0.2, 0.25) is 0 Å². The van der Waals surface area contributed by atoms with Gasteiger partial charge in [0.25, 0.3) is 5.91 Å². The summed E-state index contributed by atoms with van der Waals surface area (Å²) in [6, 6.07) is -0.0810. The van der Waals surface area contributed by atoms with Crippen LogP contribution in [0, 0.1) is 0 Å². The Labute approximate surface area is 144 Å². The molecule has 134 valence electrons. The second kappa shape index (κ2) is 7.92. The van der Waals surface area contributed by atoms with E-state index in [1.165, 1.54) is 6.20 Å². The highest BCUT2D eigenvalue weighted by Crippen LogP contribution is 2.20. The molecule has 24 heavy (non-hydrogen) atoms. The number of anilines is 1. The average molecular weight is 354 g/mol. The molecule has 1 atom stereocenters. The summed E-state index contributed by atoms with van der Waals surface area (Å²) in [6.45, 7) is 5.48. The predicted molar refractivity (Wildman–Crippen MR) is 94.0 cm³/mol. The normalized spacial score (nSPS) is 19.2. The van der Waals surface area contributed by atoms with Gasteiger partial charge in [-0.05, 0) is 19.3 Å². The Morgan fingerprint density at radius 2 is 1.88 bits per heavy atom. The third-order valence-electron chi connectivity index (χ3n) is 4.25. The van der Waals surface area contributed by atoms with Gasteiger partial charge in [-0.3, -0.25) is 4.79 Å². The van der Waals surface area contributed by atoms with Crippen LogP contribution in [0.2, 0.25) is 0 Å². The molecule has 1 amide bonds. The zero-order valence-corrected chi connectivity index (χ0v) is 15.4. The maximum absolute atomic E-state index is 12.5. The summed E-state index contributed by atoms with van der Waals surface area (Å²) in [7, 11) is -1.13. The molecule has 0 saturated carbocycles. The molecule has 0 bridgehead atoms. The Balaban J connectivity index is 2.08. The summed E-state index contributed by atoms with van der Waals surface area (Å²) >= 11 is 0. The fourth-order valence-corrected chi connectivity index (χ4v) is 4.67. The van der Waals surface area contributed by atoms with Gasteiger partial charge < -0.3 is 9.80 Å². The number of carbonyl (C=O) groups excluding carboxylic acids is 1. The van der Waals surface area contributed by atoms with E-state index in [0.29, 0.717) is 31.0 Å². The first kappa shape index (κ1) is 18.6. The van der Waals surface area contributed by atoms with E-state index in [-0.39, 0.29) is 23.5 Å². The maximum Gasteiger partial charge on any atom is 0.274 e. The molecule has 2 rings (SSSR count). The average Bonchev–Trinajstić information content (AvgIpc) is 2.93. The van der Waals surface area contributed by atoms with Crippen molar-refractivity contribution in [3.8, 4) is 0 Å². The zero-order valence-electron chi connectivity index (χ0n) is 14.6. The van der Waals surface area contributed by atoms with Crippen LogP contribution in [0.3, 0.4) is 0 Å². The molecule has 1 aromatic rings. The highest BCUT2D eigenvalue weighted by atomic mass is 32.2. The number of sulfone groups is 1.